The van der Waals surface area contributed by atoms with Crippen LogP contribution >= 0.6 is 0 Å². The van der Waals surface area contributed by atoms with E-state index in [1.54, 1.807) is 13.2 Å². The van der Waals surface area contributed by atoms with Gasteiger partial charge in [0.15, 0.2) is 0 Å². The quantitative estimate of drug-likeness (QED) is 0.587. The lowest BCUT2D eigenvalue weighted by Crippen LogP contribution is -2.38. The van der Waals surface area contributed by atoms with E-state index in [0.29, 0.717) is 6.42 Å². The predicted octanol–water partition coefficient (Wildman–Crippen LogP) is 3.17. The normalized spacial score (nSPS) is 14.2. The molecule has 0 radical (unpaired) electrons. The van der Waals surface area contributed by atoms with Gasteiger partial charge >= 0.3 is 0 Å². The highest BCUT2D eigenvalue weighted by Crippen LogP contribution is 2.30. The van der Waals surface area contributed by atoms with E-state index in [1.807, 2.05) is 42.5 Å². The number of nitrogens with two attached hydrogens (primary N) is 1. The average Bonchev–Trinajstić information content (AvgIpc) is 3.10. The summed E-state index contributed by atoms with van der Waals surface area (Å²) in [5, 5.41) is 3.93. The molecule has 0 heterocycles. The topological polar surface area (TPSA) is 76.7 Å². The number of ether oxygens (including phenoxy) is 1. The van der Waals surface area contributed by atoms with Crippen LogP contribution in [0.15, 0.2) is 65.8 Å². The van der Waals surface area contributed by atoms with Crippen molar-refractivity contribution in [1.29, 1.82) is 0 Å². The van der Waals surface area contributed by atoms with Crippen LogP contribution in [0.5, 0.6) is 5.75 Å². The summed E-state index contributed by atoms with van der Waals surface area (Å²) < 4.78 is 5.27. The Balaban J connectivity index is 1.50. The van der Waals surface area contributed by atoms with Crippen LogP contribution < -0.4 is 15.9 Å². The minimum atomic E-state index is -0.641. The van der Waals surface area contributed by atoms with Crippen molar-refractivity contribution >= 4 is 23.8 Å². The highest BCUT2D eigenvalue weighted by molar-refractivity contribution is 5.86. The monoisotopic (exact) mass is 361 g/mol. The van der Waals surface area contributed by atoms with Crippen molar-refractivity contribution in [3.63, 3.8) is 0 Å². The average molecular weight is 361 g/mol. The maximum atomic E-state index is 12.2. The zero-order valence-electron chi connectivity index (χ0n) is 15.3. The maximum Gasteiger partial charge on any atom is 0.257 e. The summed E-state index contributed by atoms with van der Waals surface area (Å²) in [6.45, 7) is 0. The minimum absolute atomic E-state index is 0.303. The third kappa shape index (κ3) is 4.71. The molecule has 0 saturated carbocycles. The Labute approximate surface area is 159 Å². The molecule has 0 aromatic heterocycles. The Hall–Kier alpha value is -3.18. The molecule has 1 aliphatic carbocycles. The van der Waals surface area contributed by atoms with Crippen LogP contribution in [-0.2, 0) is 11.2 Å². The third-order valence-electron chi connectivity index (χ3n) is 4.46. The maximum absolute atomic E-state index is 12.2. The zero-order valence-corrected chi connectivity index (χ0v) is 15.3. The number of nitrogens with zero attached hydrogens (tertiary/aromatic N) is 1. The Bertz CT molecular complexity index is 900. The molecule has 2 aromatic carbocycles. The summed E-state index contributed by atoms with van der Waals surface area (Å²) in [5.74, 6) is 0.473. The number of hydrogen-bond acceptors (Lipinski definition) is 4. The van der Waals surface area contributed by atoms with Gasteiger partial charge in [0.1, 0.15) is 5.75 Å². The second kappa shape index (κ2) is 8.96. The molecule has 138 valence electrons. The van der Waals surface area contributed by atoms with Crippen molar-refractivity contribution in [3.8, 4) is 5.75 Å². The smallest absolute Gasteiger partial charge is 0.257 e. The lowest BCUT2D eigenvalue weighted by atomic mass is 10.00. The lowest BCUT2D eigenvalue weighted by Gasteiger charge is -2.11. The van der Waals surface area contributed by atoms with Crippen molar-refractivity contribution < 1.29 is 9.53 Å². The predicted molar refractivity (Wildman–Crippen MR) is 109 cm³/mol. The first-order chi connectivity index (χ1) is 13.2. The number of para-hydroxylation sites is 1. The SMILES string of the molecule is COc1ccccc1/C=C/C=N/NC(=O)C(N)CC1=CCc2ccccc21. The number of methoxy groups -OCH3 is 1. The summed E-state index contributed by atoms with van der Waals surface area (Å²) in [6, 6.07) is 15.2. The molecule has 2 aromatic rings. The van der Waals surface area contributed by atoms with Crippen molar-refractivity contribution in [1.82, 2.24) is 5.43 Å². The number of rotatable bonds is 7. The Morgan fingerprint density at radius 2 is 2.04 bits per heavy atom. The molecule has 0 fully saturated rings. The molecule has 1 unspecified atom stereocenters. The third-order valence-corrected chi connectivity index (χ3v) is 4.46. The number of benzene rings is 2. The molecule has 1 aliphatic rings. The molecule has 3 N–H and O–H groups in total. The number of hydrogen-bond donors (Lipinski definition) is 2. The number of carbonyl (C=O) groups excluding carboxylic acids is 1. The Morgan fingerprint density at radius 3 is 2.89 bits per heavy atom. The van der Waals surface area contributed by atoms with Crippen LogP contribution in [0.4, 0.5) is 0 Å². The van der Waals surface area contributed by atoms with E-state index in [4.69, 9.17) is 10.5 Å². The van der Waals surface area contributed by atoms with E-state index in [2.05, 4.69) is 28.7 Å². The molecule has 0 spiro atoms. The standard InChI is InChI=1S/C22H23N3O2/c1-27-21-11-5-3-8-17(21)9-6-14-24-25-22(26)20(23)15-18-13-12-16-7-2-4-10-19(16)18/h2-11,13-14,20H,12,15,23H2,1H3,(H,25,26)/b9-6+,24-14+. The number of nitrogens with one attached hydrogen (secondary N) is 1. The van der Waals surface area contributed by atoms with Gasteiger partial charge in [0.2, 0.25) is 0 Å². The van der Waals surface area contributed by atoms with Crippen molar-refractivity contribution in [2.24, 2.45) is 10.8 Å². The highest BCUT2D eigenvalue weighted by atomic mass is 16.5. The van der Waals surface area contributed by atoms with Crippen LogP contribution in [0.3, 0.4) is 0 Å². The van der Waals surface area contributed by atoms with Crippen LogP contribution in [0.25, 0.3) is 11.6 Å². The number of hydrazone groups is 1. The van der Waals surface area contributed by atoms with Gasteiger partial charge in [-0.05, 0) is 47.8 Å². The summed E-state index contributed by atoms with van der Waals surface area (Å²) in [4.78, 5) is 12.2. The fraction of sp³-hybridized carbons (Fsp3) is 0.182. The molecule has 1 amide bonds. The van der Waals surface area contributed by atoms with Gasteiger partial charge in [0.25, 0.3) is 5.91 Å². The van der Waals surface area contributed by atoms with Crippen molar-refractivity contribution in [2.45, 2.75) is 18.9 Å². The van der Waals surface area contributed by atoms with E-state index >= 15 is 0 Å². The number of carbonyl (C=O) groups is 1. The number of allylic oxidation sites excluding steroid dienone is 2. The van der Waals surface area contributed by atoms with Gasteiger partial charge in [0, 0.05) is 11.8 Å². The lowest BCUT2D eigenvalue weighted by molar-refractivity contribution is -0.122. The minimum Gasteiger partial charge on any atom is -0.496 e. The van der Waals surface area contributed by atoms with Crippen molar-refractivity contribution in [3.05, 3.63) is 77.4 Å². The molecule has 5 nitrogen and oxygen atoms in total. The van der Waals surface area contributed by atoms with Gasteiger partial charge in [-0.2, -0.15) is 5.10 Å². The van der Waals surface area contributed by atoms with E-state index in [-0.39, 0.29) is 5.91 Å². The molecule has 0 aliphatic heterocycles. The van der Waals surface area contributed by atoms with Gasteiger partial charge in [-0.15, -0.1) is 0 Å². The zero-order chi connectivity index (χ0) is 19.1. The van der Waals surface area contributed by atoms with Gasteiger partial charge in [-0.25, -0.2) is 5.43 Å². The van der Waals surface area contributed by atoms with Crippen LogP contribution in [0.2, 0.25) is 0 Å². The van der Waals surface area contributed by atoms with E-state index < -0.39 is 6.04 Å². The van der Waals surface area contributed by atoms with E-state index in [0.717, 1.165) is 23.3 Å². The van der Waals surface area contributed by atoms with Crippen LogP contribution in [0, 0.1) is 0 Å². The first kappa shape index (κ1) is 18.6. The summed E-state index contributed by atoms with van der Waals surface area (Å²) in [6.07, 6.45) is 8.63. The molecular weight excluding hydrogens is 338 g/mol. The van der Waals surface area contributed by atoms with Crippen LogP contribution in [0.1, 0.15) is 23.1 Å². The summed E-state index contributed by atoms with van der Waals surface area (Å²) in [5.41, 5.74) is 13.0. The molecule has 3 rings (SSSR count). The van der Waals surface area contributed by atoms with Gasteiger partial charge in [0.05, 0.1) is 13.2 Å². The Morgan fingerprint density at radius 1 is 1.26 bits per heavy atom. The van der Waals surface area contributed by atoms with Gasteiger partial charge in [-0.3, -0.25) is 4.79 Å². The second-order valence-corrected chi connectivity index (χ2v) is 6.26. The number of amides is 1. The van der Waals surface area contributed by atoms with E-state index in [1.165, 1.54) is 17.3 Å². The fourth-order valence-corrected chi connectivity index (χ4v) is 3.06. The molecular formula is C22H23N3O2. The van der Waals surface area contributed by atoms with Crippen LogP contribution in [-0.4, -0.2) is 25.3 Å². The van der Waals surface area contributed by atoms with Crippen molar-refractivity contribution in [2.75, 3.05) is 7.11 Å². The molecule has 0 bridgehead atoms. The number of fused-ring (bicyclic) bond motifs is 1. The summed E-state index contributed by atoms with van der Waals surface area (Å²) >= 11 is 0. The van der Waals surface area contributed by atoms with Gasteiger partial charge in [-0.1, -0.05) is 48.5 Å². The largest absolute Gasteiger partial charge is 0.496 e. The highest BCUT2D eigenvalue weighted by Gasteiger charge is 2.19. The molecule has 27 heavy (non-hydrogen) atoms. The molecule has 0 saturated heterocycles. The molecule has 1 atom stereocenters. The first-order valence-electron chi connectivity index (χ1n) is 8.84. The first-order valence-corrected chi connectivity index (χ1v) is 8.84. The van der Waals surface area contributed by atoms with Gasteiger partial charge < -0.3 is 10.5 Å². The van der Waals surface area contributed by atoms with E-state index in [9.17, 15) is 4.79 Å². The summed E-state index contributed by atoms with van der Waals surface area (Å²) in [7, 11) is 1.63. The Kier molecular flexibility index (Phi) is 6.18. The molecule has 5 heteroatoms. The second-order valence-electron chi connectivity index (χ2n) is 6.26. The fourth-order valence-electron chi connectivity index (χ4n) is 3.06.